The number of nitrogens with zero attached hydrogens (tertiary/aromatic N) is 2. The van der Waals surface area contributed by atoms with Crippen LogP contribution in [-0.4, -0.2) is 36.2 Å². The summed E-state index contributed by atoms with van der Waals surface area (Å²) in [7, 11) is 2.88. The van der Waals surface area contributed by atoms with E-state index in [-0.39, 0.29) is 5.91 Å². The molecular formula is C20H18N4O4. The van der Waals surface area contributed by atoms with Gasteiger partial charge in [-0.05, 0) is 48.5 Å². The van der Waals surface area contributed by atoms with E-state index < -0.39 is 6.09 Å². The molecule has 0 aliphatic rings. The molecule has 3 rings (SSSR count). The molecule has 1 aromatic heterocycles. The van der Waals surface area contributed by atoms with Crippen molar-refractivity contribution in [3.8, 4) is 17.0 Å². The zero-order valence-electron chi connectivity index (χ0n) is 15.3. The molecule has 28 heavy (non-hydrogen) atoms. The maximum absolute atomic E-state index is 12.4. The van der Waals surface area contributed by atoms with Crippen LogP contribution in [0.25, 0.3) is 11.3 Å². The lowest BCUT2D eigenvalue weighted by Gasteiger charge is -2.08. The Kier molecular flexibility index (Phi) is 5.81. The van der Waals surface area contributed by atoms with Gasteiger partial charge >= 0.3 is 6.09 Å². The van der Waals surface area contributed by atoms with Crippen molar-refractivity contribution in [2.24, 2.45) is 0 Å². The third-order valence-electron chi connectivity index (χ3n) is 3.87. The van der Waals surface area contributed by atoms with Crippen molar-refractivity contribution < 1.29 is 19.1 Å². The number of carbonyl (C=O) groups is 2. The van der Waals surface area contributed by atoms with Gasteiger partial charge in [0.1, 0.15) is 17.9 Å². The van der Waals surface area contributed by atoms with Crippen LogP contribution < -0.4 is 15.4 Å². The van der Waals surface area contributed by atoms with Crippen LogP contribution in [-0.2, 0) is 4.74 Å². The van der Waals surface area contributed by atoms with E-state index in [1.54, 1.807) is 37.4 Å². The van der Waals surface area contributed by atoms with Crippen molar-refractivity contribution in [1.82, 2.24) is 9.97 Å². The molecule has 142 valence electrons. The molecule has 0 aliphatic heterocycles. The second-order valence-corrected chi connectivity index (χ2v) is 5.67. The Labute approximate surface area is 161 Å². The van der Waals surface area contributed by atoms with Gasteiger partial charge in [0.2, 0.25) is 0 Å². The Morgan fingerprint density at radius 2 is 1.61 bits per heavy atom. The molecule has 0 fully saturated rings. The first-order valence-electron chi connectivity index (χ1n) is 8.32. The fourth-order valence-electron chi connectivity index (χ4n) is 2.41. The number of aromatic nitrogens is 2. The standard InChI is InChI=1S/C20H18N4O4/c1-27-16-9-5-13(6-10-16)17-11-18(22-12-21-17)24-19(25)14-3-7-15(8-4-14)23-20(26)28-2/h3-12H,1-2H3,(H,23,26)(H,21,22,24,25). The maximum atomic E-state index is 12.4. The molecule has 0 atom stereocenters. The highest BCUT2D eigenvalue weighted by atomic mass is 16.5. The topological polar surface area (TPSA) is 102 Å². The van der Waals surface area contributed by atoms with Gasteiger partial charge in [0.05, 0.1) is 19.9 Å². The fraction of sp³-hybridized carbons (Fsp3) is 0.100. The van der Waals surface area contributed by atoms with Crippen molar-refractivity contribution in [2.45, 2.75) is 0 Å². The normalized spacial score (nSPS) is 10.1. The van der Waals surface area contributed by atoms with E-state index in [1.807, 2.05) is 24.3 Å². The number of ether oxygens (including phenoxy) is 2. The van der Waals surface area contributed by atoms with Crippen molar-refractivity contribution in [2.75, 3.05) is 24.9 Å². The number of amides is 2. The lowest BCUT2D eigenvalue weighted by Crippen LogP contribution is -2.14. The van der Waals surface area contributed by atoms with E-state index in [9.17, 15) is 9.59 Å². The minimum Gasteiger partial charge on any atom is -0.497 e. The van der Waals surface area contributed by atoms with Crippen molar-refractivity contribution in [3.63, 3.8) is 0 Å². The van der Waals surface area contributed by atoms with Crippen molar-refractivity contribution in [1.29, 1.82) is 0 Å². The third kappa shape index (κ3) is 4.61. The summed E-state index contributed by atoms with van der Waals surface area (Å²) in [4.78, 5) is 32.0. The first-order chi connectivity index (χ1) is 13.6. The lowest BCUT2D eigenvalue weighted by molar-refractivity contribution is 0.102. The molecule has 0 radical (unpaired) electrons. The summed E-state index contributed by atoms with van der Waals surface area (Å²) in [6, 6.07) is 15.5. The number of hydrogen-bond donors (Lipinski definition) is 2. The number of methoxy groups -OCH3 is 2. The SMILES string of the molecule is COC(=O)Nc1ccc(C(=O)Nc2cc(-c3ccc(OC)cc3)ncn2)cc1. The van der Waals surface area contributed by atoms with Crippen molar-refractivity contribution in [3.05, 3.63) is 66.5 Å². The summed E-state index contributed by atoms with van der Waals surface area (Å²) >= 11 is 0. The van der Waals surface area contributed by atoms with Gasteiger partial charge in [0.25, 0.3) is 5.91 Å². The third-order valence-corrected chi connectivity index (χ3v) is 3.87. The molecule has 0 unspecified atom stereocenters. The minimum atomic E-state index is -0.579. The van der Waals surface area contributed by atoms with Crippen LogP contribution in [0, 0.1) is 0 Å². The monoisotopic (exact) mass is 378 g/mol. The van der Waals surface area contributed by atoms with Gasteiger partial charge in [-0.1, -0.05) is 0 Å². The highest BCUT2D eigenvalue weighted by Gasteiger charge is 2.09. The summed E-state index contributed by atoms with van der Waals surface area (Å²) in [6.45, 7) is 0. The summed E-state index contributed by atoms with van der Waals surface area (Å²) in [5.41, 5.74) is 2.48. The number of nitrogens with one attached hydrogen (secondary N) is 2. The van der Waals surface area contributed by atoms with Gasteiger partial charge in [-0.25, -0.2) is 14.8 Å². The van der Waals surface area contributed by atoms with Crippen LogP contribution >= 0.6 is 0 Å². The minimum absolute atomic E-state index is 0.330. The molecule has 2 amide bonds. The van der Waals surface area contributed by atoms with E-state index >= 15 is 0 Å². The Balaban J connectivity index is 1.71. The number of benzene rings is 2. The average molecular weight is 378 g/mol. The summed E-state index contributed by atoms with van der Waals surface area (Å²) < 4.78 is 9.67. The largest absolute Gasteiger partial charge is 0.497 e. The molecule has 0 saturated carbocycles. The van der Waals surface area contributed by atoms with Crippen LogP contribution in [0.3, 0.4) is 0 Å². The number of hydrogen-bond acceptors (Lipinski definition) is 6. The Morgan fingerprint density at radius 3 is 2.25 bits per heavy atom. The highest BCUT2D eigenvalue weighted by molar-refractivity contribution is 6.04. The second kappa shape index (κ2) is 8.63. The Hall–Kier alpha value is -3.94. The van der Waals surface area contributed by atoms with Gasteiger partial charge in [0, 0.05) is 22.9 Å². The number of anilines is 2. The van der Waals surface area contributed by atoms with Gasteiger partial charge in [-0.15, -0.1) is 0 Å². The number of rotatable bonds is 5. The van der Waals surface area contributed by atoms with E-state index in [2.05, 4.69) is 25.3 Å². The molecule has 8 nitrogen and oxygen atoms in total. The van der Waals surface area contributed by atoms with Gasteiger partial charge in [-0.3, -0.25) is 10.1 Å². The van der Waals surface area contributed by atoms with Crippen LogP contribution in [0.4, 0.5) is 16.3 Å². The smallest absolute Gasteiger partial charge is 0.411 e. The molecule has 0 aliphatic carbocycles. The van der Waals surface area contributed by atoms with E-state index in [0.29, 0.717) is 22.8 Å². The quantitative estimate of drug-likeness (QED) is 0.703. The first kappa shape index (κ1) is 18.8. The molecule has 2 N–H and O–H groups in total. The molecule has 8 heteroatoms. The van der Waals surface area contributed by atoms with Gasteiger partial charge < -0.3 is 14.8 Å². The van der Waals surface area contributed by atoms with E-state index in [4.69, 9.17) is 4.74 Å². The molecule has 0 spiro atoms. The zero-order chi connectivity index (χ0) is 19.9. The Morgan fingerprint density at radius 1 is 0.893 bits per heavy atom. The fourth-order valence-corrected chi connectivity index (χ4v) is 2.41. The molecule has 3 aromatic rings. The predicted octanol–water partition coefficient (Wildman–Crippen LogP) is 3.58. The zero-order valence-corrected chi connectivity index (χ0v) is 15.3. The highest BCUT2D eigenvalue weighted by Crippen LogP contribution is 2.22. The maximum Gasteiger partial charge on any atom is 0.411 e. The average Bonchev–Trinajstić information content (AvgIpc) is 2.74. The van der Waals surface area contributed by atoms with Crippen LogP contribution in [0.2, 0.25) is 0 Å². The molecular weight excluding hydrogens is 360 g/mol. The van der Waals surface area contributed by atoms with E-state index in [1.165, 1.54) is 13.4 Å². The van der Waals surface area contributed by atoms with Crippen LogP contribution in [0.1, 0.15) is 10.4 Å². The molecule has 2 aromatic carbocycles. The summed E-state index contributed by atoms with van der Waals surface area (Å²) in [5, 5.41) is 5.25. The predicted molar refractivity (Wildman–Crippen MR) is 104 cm³/mol. The molecule has 0 bridgehead atoms. The summed E-state index contributed by atoms with van der Waals surface area (Å²) in [6.07, 6.45) is 0.808. The first-order valence-corrected chi connectivity index (χ1v) is 8.32. The second-order valence-electron chi connectivity index (χ2n) is 5.67. The van der Waals surface area contributed by atoms with E-state index in [0.717, 1.165) is 11.3 Å². The van der Waals surface area contributed by atoms with Gasteiger partial charge in [-0.2, -0.15) is 0 Å². The van der Waals surface area contributed by atoms with Crippen molar-refractivity contribution >= 4 is 23.5 Å². The van der Waals surface area contributed by atoms with Crippen LogP contribution in [0.15, 0.2) is 60.9 Å². The van der Waals surface area contributed by atoms with Gasteiger partial charge in [0.15, 0.2) is 0 Å². The number of carbonyl (C=O) groups excluding carboxylic acids is 2. The summed E-state index contributed by atoms with van der Waals surface area (Å²) in [5.74, 6) is 0.794. The Bertz CT molecular complexity index is 972. The van der Waals surface area contributed by atoms with Crippen LogP contribution in [0.5, 0.6) is 5.75 Å². The lowest BCUT2D eigenvalue weighted by atomic mass is 10.1. The molecule has 1 heterocycles. The molecule has 0 saturated heterocycles.